The summed E-state index contributed by atoms with van der Waals surface area (Å²) >= 11 is -0.686. The van der Waals surface area contributed by atoms with Gasteiger partial charge in [0.05, 0.1) is 0 Å². The quantitative estimate of drug-likeness (QED) is 0.710. The van der Waals surface area contributed by atoms with Crippen LogP contribution >= 0.6 is 0 Å². The second-order valence-corrected chi connectivity index (χ2v) is 6.25. The van der Waals surface area contributed by atoms with Crippen molar-refractivity contribution >= 4 is 0 Å². The van der Waals surface area contributed by atoms with Gasteiger partial charge in [0, 0.05) is 0 Å². The van der Waals surface area contributed by atoms with Crippen LogP contribution in [0.4, 0.5) is 0 Å². The van der Waals surface area contributed by atoms with Crippen molar-refractivity contribution in [2.75, 3.05) is 0 Å². The minimum atomic E-state index is -0.686. The topological polar surface area (TPSA) is 26.0 Å². The molecule has 1 rings (SSSR count). The summed E-state index contributed by atoms with van der Waals surface area (Å²) < 4.78 is 6.12. The van der Waals surface area contributed by atoms with Gasteiger partial charge in [-0.25, -0.2) is 0 Å². The van der Waals surface area contributed by atoms with Crippen molar-refractivity contribution in [3.8, 4) is 0 Å². The normalized spacial score (nSPS) is 31.6. The fraction of sp³-hybridized carbons (Fsp3) is 0.500. The van der Waals surface area contributed by atoms with Crippen molar-refractivity contribution in [3.63, 3.8) is 0 Å². The van der Waals surface area contributed by atoms with Crippen LogP contribution in [0.1, 0.15) is 20.8 Å². The van der Waals surface area contributed by atoms with Crippen molar-refractivity contribution in [2.24, 2.45) is 3.68 Å². The molecule has 1 unspecified atom stereocenters. The summed E-state index contributed by atoms with van der Waals surface area (Å²) in [5.41, 5.74) is 2.90. The molecule has 2 N–H and O–H groups in total. The van der Waals surface area contributed by atoms with E-state index < -0.39 is 23.5 Å². The van der Waals surface area contributed by atoms with Crippen molar-refractivity contribution < 1.29 is 23.5 Å². The van der Waals surface area contributed by atoms with Gasteiger partial charge < -0.3 is 0 Å². The Hall–Kier alpha value is 0.323. The van der Waals surface area contributed by atoms with Gasteiger partial charge in [-0.2, -0.15) is 0 Å². The molecule has 54 valence electrons. The molecule has 0 fully saturated rings. The van der Waals surface area contributed by atoms with Crippen LogP contribution in [0.3, 0.4) is 0 Å². The zero-order valence-electron chi connectivity index (χ0n) is 6.73. The Morgan fingerprint density at radius 2 is 2.10 bits per heavy atom. The molecule has 0 spiro atoms. The first kappa shape index (κ1) is 8.42. The molecule has 0 saturated heterocycles. The van der Waals surface area contributed by atoms with Crippen LogP contribution in [0.2, 0.25) is 3.12 Å². The minimum absolute atomic E-state index is 0.313. The zero-order chi connectivity index (χ0) is 7.78. The molecular formula is C8H13NZr. The van der Waals surface area contributed by atoms with Gasteiger partial charge in [-0.1, -0.05) is 0 Å². The van der Waals surface area contributed by atoms with Crippen LogP contribution in [0.5, 0.6) is 0 Å². The molecule has 1 atom stereocenters. The Balaban J connectivity index is 2.96. The van der Waals surface area contributed by atoms with Crippen molar-refractivity contribution in [2.45, 2.75) is 23.9 Å². The molecule has 0 aliphatic heterocycles. The molecule has 1 aliphatic rings. The van der Waals surface area contributed by atoms with Crippen LogP contribution in [-0.2, 0) is 23.5 Å². The third-order valence-electron chi connectivity index (χ3n) is 2.34. The summed E-state index contributed by atoms with van der Waals surface area (Å²) in [4.78, 5) is 0. The van der Waals surface area contributed by atoms with Crippen LogP contribution < -0.4 is 3.68 Å². The van der Waals surface area contributed by atoms with Crippen LogP contribution in [-0.4, -0.2) is 0 Å². The standard InChI is InChI=1S/C8H11.H2N.Zr/c1-6-4-5-7(2)8(6)3;;/h4-5H,1-3H3;1H2;/q;-1;+1. The zero-order valence-corrected chi connectivity index (χ0v) is 9.19. The first-order valence-corrected chi connectivity index (χ1v) is 6.10. The number of nitrogens with two attached hydrogens (primary N) is 1. The third-order valence-corrected chi connectivity index (χ3v) is 5.14. The van der Waals surface area contributed by atoms with Gasteiger partial charge in [-0.15, -0.1) is 0 Å². The van der Waals surface area contributed by atoms with Gasteiger partial charge >= 0.3 is 74.4 Å². The predicted molar refractivity (Wildman–Crippen MR) is 40.1 cm³/mol. The third kappa shape index (κ3) is 1.20. The molecule has 10 heavy (non-hydrogen) atoms. The Morgan fingerprint density at radius 1 is 1.50 bits per heavy atom. The van der Waals surface area contributed by atoms with Gasteiger partial charge in [0.15, 0.2) is 0 Å². The fourth-order valence-corrected chi connectivity index (χ4v) is 2.57. The summed E-state index contributed by atoms with van der Waals surface area (Å²) in [6.07, 6.45) is 4.47. The van der Waals surface area contributed by atoms with E-state index in [1.807, 2.05) is 0 Å². The first-order valence-electron chi connectivity index (χ1n) is 3.45. The van der Waals surface area contributed by atoms with Gasteiger partial charge in [0.1, 0.15) is 0 Å². The molecule has 0 aromatic carbocycles. The van der Waals surface area contributed by atoms with Crippen molar-refractivity contribution in [1.82, 2.24) is 0 Å². The van der Waals surface area contributed by atoms with E-state index in [2.05, 4.69) is 32.9 Å². The number of hydrogen-bond donors (Lipinski definition) is 1. The van der Waals surface area contributed by atoms with E-state index in [0.717, 1.165) is 0 Å². The van der Waals surface area contributed by atoms with Gasteiger partial charge in [0.25, 0.3) is 0 Å². The number of rotatable bonds is 1. The van der Waals surface area contributed by atoms with Crippen LogP contribution in [0.25, 0.3) is 0 Å². The molecule has 0 heterocycles. The monoisotopic (exact) mass is 213 g/mol. The Kier molecular flexibility index (Phi) is 2.32. The van der Waals surface area contributed by atoms with E-state index >= 15 is 0 Å². The van der Waals surface area contributed by atoms with Crippen molar-refractivity contribution in [1.29, 1.82) is 0 Å². The summed E-state index contributed by atoms with van der Waals surface area (Å²) in [6.45, 7) is 6.61. The Bertz CT molecular complexity index is 205. The summed E-state index contributed by atoms with van der Waals surface area (Å²) in [7, 11) is 0. The Labute approximate surface area is 74.3 Å². The maximum atomic E-state index is 5.81. The van der Waals surface area contributed by atoms with E-state index in [1.54, 1.807) is 0 Å². The molecule has 0 aromatic rings. The second-order valence-electron chi connectivity index (χ2n) is 2.99. The Morgan fingerprint density at radius 3 is 2.30 bits per heavy atom. The molecule has 1 aliphatic carbocycles. The van der Waals surface area contributed by atoms with Gasteiger partial charge in [-0.05, 0) is 0 Å². The first-order chi connectivity index (χ1) is 4.60. The molecule has 0 radical (unpaired) electrons. The summed E-state index contributed by atoms with van der Waals surface area (Å²) in [5.74, 6) is 0. The van der Waals surface area contributed by atoms with E-state index in [-0.39, 0.29) is 0 Å². The molecule has 0 bridgehead atoms. The van der Waals surface area contributed by atoms with E-state index in [4.69, 9.17) is 3.68 Å². The average molecular weight is 214 g/mol. The number of allylic oxidation sites excluding steroid dienone is 4. The molecular weight excluding hydrogens is 201 g/mol. The average Bonchev–Trinajstić information content (AvgIpc) is 2.19. The van der Waals surface area contributed by atoms with E-state index in [9.17, 15) is 0 Å². The fourth-order valence-electron chi connectivity index (χ4n) is 1.11. The SMILES string of the molecule is CC1=C(C)[C](C)([Zr][NH2])C=C1. The molecule has 1 nitrogen and oxygen atoms in total. The molecule has 2 heteroatoms. The van der Waals surface area contributed by atoms with Gasteiger partial charge in [-0.3, -0.25) is 0 Å². The molecule has 0 amide bonds. The second kappa shape index (κ2) is 2.75. The molecule has 0 aromatic heterocycles. The van der Waals surface area contributed by atoms with Crippen LogP contribution in [0.15, 0.2) is 23.3 Å². The van der Waals surface area contributed by atoms with E-state index in [1.165, 1.54) is 11.1 Å². The number of hydrogen-bond acceptors (Lipinski definition) is 1. The predicted octanol–water partition coefficient (Wildman–Crippen LogP) is 2.03. The van der Waals surface area contributed by atoms with E-state index in [0.29, 0.717) is 3.12 Å². The maximum absolute atomic E-state index is 5.81. The van der Waals surface area contributed by atoms with Gasteiger partial charge in [0.2, 0.25) is 0 Å². The van der Waals surface area contributed by atoms with Crippen molar-refractivity contribution in [3.05, 3.63) is 23.3 Å². The summed E-state index contributed by atoms with van der Waals surface area (Å²) in [5, 5.41) is 0. The van der Waals surface area contributed by atoms with Crippen LogP contribution in [0, 0.1) is 0 Å². The molecule has 0 saturated carbocycles. The summed E-state index contributed by atoms with van der Waals surface area (Å²) in [6, 6.07) is 0.